The Morgan fingerprint density at radius 1 is 0.387 bits per heavy atom. The van der Waals surface area contributed by atoms with E-state index in [9.17, 15) is 0 Å². The van der Waals surface area contributed by atoms with Crippen molar-refractivity contribution in [1.82, 2.24) is 0 Å². The summed E-state index contributed by atoms with van der Waals surface area (Å²) in [6.45, 7) is 28.0. The average molecular weight is 827 g/mol. The van der Waals surface area contributed by atoms with E-state index in [2.05, 4.69) is 232 Å². The molecule has 62 heavy (non-hydrogen) atoms. The molecule has 0 saturated heterocycles. The topological polar surface area (TPSA) is 6.48 Å². The molecule has 0 spiro atoms. The average Bonchev–Trinajstić information content (AvgIpc) is 3.61. The summed E-state index contributed by atoms with van der Waals surface area (Å²) >= 11 is 1.91. The lowest BCUT2D eigenvalue weighted by atomic mass is 9.33. The van der Waals surface area contributed by atoms with E-state index in [1.165, 1.54) is 104 Å². The summed E-state index contributed by atoms with van der Waals surface area (Å²) in [6, 6.07) is 54.1. The molecule has 10 rings (SSSR count). The summed E-state index contributed by atoms with van der Waals surface area (Å²) in [5.74, 6) is 0. The van der Waals surface area contributed by atoms with Crippen LogP contribution in [-0.2, 0) is 21.7 Å². The molecule has 0 N–H and O–H groups in total. The number of anilines is 6. The molecule has 8 aromatic rings. The molecule has 0 fully saturated rings. The first kappa shape index (κ1) is 40.5. The van der Waals surface area contributed by atoms with Gasteiger partial charge in [0.1, 0.15) is 0 Å². The number of rotatable bonds is 3. The molecule has 1 aromatic heterocycles. The summed E-state index contributed by atoms with van der Waals surface area (Å²) in [6.07, 6.45) is 0. The van der Waals surface area contributed by atoms with Crippen LogP contribution in [-0.4, -0.2) is 6.71 Å². The summed E-state index contributed by atoms with van der Waals surface area (Å²) in [5, 5.41) is 2.64. The van der Waals surface area contributed by atoms with Crippen LogP contribution in [0.15, 0.2) is 140 Å². The number of hydrogen-bond acceptors (Lipinski definition) is 3. The Morgan fingerprint density at radius 3 is 1.47 bits per heavy atom. The highest BCUT2D eigenvalue weighted by molar-refractivity contribution is 7.26. The van der Waals surface area contributed by atoms with Gasteiger partial charge in [0.2, 0.25) is 0 Å². The van der Waals surface area contributed by atoms with Crippen molar-refractivity contribution in [3.63, 3.8) is 0 Å². The van der Waals surface area contributed by atoms with E-state index in [1.807, 2.05) is 11.3 Å². The standard InChI is InChI=1S/C58H59BN2S/c1-55(2,3)36-23-28-40(29-24-36)60-48-31-26-38(57(7,8)9)34-45(48)59-46-35-39(58(10,11)12)27-32-49(46)61(51-21-16-20-50(60)53(51)59)47-30-25-37(56(4,5)6)33-44(47)43-19-15-18-42-41-17-13-14-22-52(41)62-54(42)43/h13-35H,1-12H3. The van der Waals surface area contributed by atoms with Crippen LogP contribution in [0.25, 0.3) is 31.3 Å². The molecule has 2 aliphatic rings. The van der Waals surface area contributed by atoms with Gasteiger partial charge in [-0.2, -0.15) is 0 Å². The van der Waals surface area contributed by atoms with Crippen molar-refractivity contribution < 1.29 is 0 Å². The first-order chi connectivity index (χ1) is 29.3. The zero-order valence-electron chi connectivity index (χ0n) is 38.7. The number of benzene rings is 7. The zero-order chi connectivity index (χ0) is 43.7. The highest BCUT2D eigenvalue weighted by Crippen LogP contribution is 2.50. The maximum Gasteiger partial charge on any atom is 0.252 e. The Morgan fingerprint density at radius 2 is 0.871 bits per heavy atom. The molecule has 310 valence electrons. The Kier molecular flexibility index (Phi) is 9.12. The molecule has 0 unspecified atom stereocenters. The van der Waals surface area contributed by atoms with E-state index in [1.54, 1.807) is 0 Å². The van der Waals surface area contributed by atoms with Gasteiger partial charge < -0.3 is 9.80 Å². The Bertz CT molecular complexity index is 3070. The third-order valence-corrected chi connectivity index (χ3v) is 14.7. The summed E-state index contributed by atoms with van der Waals surface area (Å²) in [4.78, 5) is 5.16. The maximum atomic E-state index is 2.62. The molecule has 7 aromatic carbocycles. The number of thiophene rings is 1. The molecule has 0 bridgehead atoms. The number of fused-ring (bicyclic) bond motifs is 7. The first-order valence-electron chi connectivity index (χ1n) is 22.5. The summed E-state index contributed by atoms with van der Waals surface area (Å²) in [5.41, 5.74) is 19.4. The van der Waals surface area contributed by atoms with Gasteiger partial charge in [0.25, 0.3) is 6.71 Å². The minimum absolute atomic E-state index is 0.0118. The van der Waals surface area contributed by atoms with Gasteiger partial charge >= 0.3 is 0 Å². The lowest BCUT2D eigenvalue weighted by Gasteiger charge is -2.45. The molecule has 0 radical (unpaired) electrons. The molecule has 3 heterocycles. The smallest absolute Gasteiger partial charge is 0.252 e. The molecule has 0 saturated carbocycles. The molecular weight excluding hydrogens is 768 g/mol. The van der Waals surface area contributed by atoms with Crippen molar-refractivity contribution in [2.45, 2.75) is 105 Å². The number of nitrogens with zero attached hydrogens (tertiary/aromatic N) is 2. The minimum Gasteiger partial charge on any atom is -0.311 e. The largest absolute Gasteiger partial charge is 0.311 e. The van der Waals surface area contributed by atoms with Crippen LogP contribution in [0.2, 0.25) is 0 Å². The lowest BCUT2D eigenvalue weighted by molar-refractivity contribution is 0.590. The quantitative estimate of drug-likeness (QED) is 0.164. The highest BCUT2D eigenvalue weighted by atomic mass is 32.1. The van der Waals surface area contributed by atoms with Crippen LogP contribution in [0.3, 0.4) is 0 Å². The summed E-state index contributed by atoms with van der Waals surface area (Å²) < 4.78 is 2.66. The second-order valence-corrected chi connectivity index (χ2v) is 23.0. The third kappa shape index (κ3) is 6.51. The highest BCUT2D eigenvalue weighted by Gasteiger charge is 2.44. The first-order valence-corrected chi connectivity index (χ1v) is 23.3. The van der Waals surface area contributed by atoms with Crippen LogP contribution in [0, 0.1) is 0 Å². The van der Waals surface area contributed by atoms with Crippen LogP contribution < -0.4 is 26.2 Å². The third-order valence-electron chi connectivity index (χ3n) is 13.5. The van der Waals surface area contributed by atoms with E-state index in [4.69, 9.17) is 0 Å². The van der Waals surface area contributed by atoms with Crippen molar-refractivity contribution in [3.8, 4) is 11.1 Å². The van der Waals surface area contributed by atoms with Gasteiger partial charge in [-0.15, -0.1) is 11.3 Å². The molecule has 2 nitrogen and oxygen atoms in total. The molecule has 4 heteroatoms. The van der Waals surface area contributed by atoms with Gasteiger partial charge in [-0.3, -0.25) is 0 Å². The van der Waals surface area contributed by atoms with Crippen molar-refractivity contribution in [2.75, 3.05) is 9.80 Å². The predicted octanol–water partition coefficient (Wildman–Crippen LogP) is 15.0. The summed E-state index contributed by atoms with van der Waals surface area (Å²) in [7, 11) is 0. The second kappa shape index (κ2) is 14.0. The second-order valence-electron chi connectivity index (χ2n) is 21.9. The Labute approximate surface area is 374 Å². The molecule has 2 aliphatic heterocycles. The van der Waals surface area contributed by atoms with Gasteiger partial charge in [0.15, 0.2) is 0 Å². The van der Waals surface area contributed by atoms with Gasteiger partial charge in [-0.05, 0) is 115 Å². The van der Waals surface area contributed by atoms with E-state index in [0.717, 1.165) is 0 Å². The van der Waals surface area contributed by atoms with E-state index < -0.39 is 0 Å². The fraction of sp³-hybridized carbons (Fsp3) is 0.276. The monoisotopic (exact) mass is 826 g/mol. The van der Waals surface area contributed by atoms with Gasteiger partial charge in [0, 0.05) is 59.7 Å². The van der Waals surface area contributed by atoms with E-state index in [-0.39, 0.29) is 28.4 Å². The SMILES string of the molecule is CC(C)(C)c1ccc(N2c3ccc(C(C)(C)C)cc3B3c4cc(C(C)(C)C)ccc4N(c4ccc(C(C)(C)C)cc4-c4cccc5c4sc4ccccc45)c4cccc2c43)cc1. The molecule has 0 atom stereocenters. The van der Waals surface area contributed by atoms with Crippen molar-refractivity contribution in [2.24, 2.45) is 0 Å². The molecular formula is C58H59BN2S. The van der Waals surface area contributed by atoms with Gasteiger partial charge in [0.05, 0.1) is 5.69 Å². The maximum absolute atomic E-state index is 2.62. The van der Waals surface area contributed by atoms with Gasteiger partial charge in [-0.25, -0.2) is 0 Å². The van der Waals surface area contributed by atoms with Crippen molar-refractivity contribution in [1.29, 1.82) is 0 Å². The fourth-order valence-electron chi connectivity index (χ4n) is 9.90. The van der Waals surface area contributed by atoms with Crippen LogP contribution in [0.5, 0.6) is 0 Å². The Hall–Kier alpha value is -5.58. The van der Waals surface area contributed by atoms with Crippen LogP contribution in [0.4, 0.5) is 34.1 Å². The number of hydrogen-bond donors (Lipinski definition) is 0. The minimum atomic E-state index is -0.0305. The van der Waals surface area contributed by atoms with E-state index >= 15 is 0 Å². The van der Waals surface area contributed by atoms with Gasteiger partial charge in [-0.1, -0.05) is 168 Å². The van der Waals surface area contributed by atoms with Crippen LogP contribution >= 0.6 is 11.3 Å². The molecule has 0 aliphatic carbocycles. The van der Waals surface area contributed by atoms with E-state index in [0.29, 0.717) is 0 Å². The van der Waals surface area contributed by atoms with Crippen molar-refractivity contribution >= 4 is 88.7 Å². The lowest BCUT2D eigenvalue weighted by Crippen LogP contribution is -2.61. The zero-order valence-corrected chi connectivity index (χ0v) is 39.5. The normalized spacial score (nSPS) is 14.0. The predicted molar refractivity (Wildman–Crippen MR) is 274 cm³/mol. The Balaban J connectivity index is 1.30. The van der Waals surface area contributed by atoms with Crippen LogP contribution in [0.1, 0.15) is 105 Å². The molecule has 0 amide bonds. The van der Waals surface area contributed by atoms with Crippen molar-refractivity contribution in [3.05, 3.63) is 162 Å². The fourth-order valence-corrected chi connectivity index (χ4v) is 11.1.